The molecule has 86 valence electrons. The molecule has 2 N–H and O–H groups in total. The van der Waals surface area contributed by atoms with Gasteiger partial charge in [-0.1, -0.05) is 27.7 Å². The summed E-state index contributed by atoms with van der Waals surface area (Å²) in [6.07, 6.45) is 0.611. The van der Waals surface area contributed by atoms with Gasteiger partial charge in [0.15, 0.2) is 0 Å². The Bertz CT molecular complexity index is 181. The van der Waals surface area contributed by atoms with Gasteiger partial charge < -0.3 is 10.2 Å². The maximum absolute atomic E-state index is 10.1. The minimum absolute atomic E-state index is 0.162. The van der Waals surface area contributed by atoms with Crippen LogP contribution in [0.25, 0.3) is 0 Å². The zero-order valence-electron chi connectivity index (χ0n) is 10.7. The van der Waals surface area contributed by atoms with Gasteiger partial charge in [0.1, 0.15) is 0 Å². The van der Waals surface area contributed by atoms with Crippen LogP contribution in [-0.4, -0.2) is 21.4 Å². The zero-order chi connectivity index (χ0) is 11.8. The maximum Gasteiger partial charge on any atom is 0.0902 e. The molecule has 2 heteroatoms. The molecule has 0 aromatic rings. The second kappa shape index (κ2) is 3.82. The van der Waals surface area contributed by atoms with Crippen LogP contribution in [-0.2, 0) is 0 Å². The van der Waals surface area contributed by atoms with Gasteiger partial charge in [0.05, 0.1) is 11.2 Å². The Morgan fingerprint density at radius 2 is 1.29 bits per heavy atom. The van der Waals surface area contributed by atoms with Gasteiger partial charge in [0.25, 0.3) is 0 Å². The molecular formula is C12H26O2. The van der Waals surface area contributed by atoms with E-state index in [0.29, 0.717) is 12.3 Å². The van der Waals surface area contributed by atoms with E-state index in [1.165, 1.54) is 0 Å². The van der Waals surface area contributed by atoms with E-state index in [4.69, 9.17) is 0 Å². The largest absolute Gasteiger partial charge is 0.387 e. The molecule has 0 saturated carbocycles. The number of aliphatic hydroxyl groups is 2. The molecule has 0 aliphatic heterocycles. The molecule has 0 aromatic heterocycles. The third kappa shape index (κ3) is 3.58. The van der Waals surface area contributed by atoms with E-state index in [-0.39, 0.29) is 5.41 Å². The molecule has 0 aliphatic carbocycles. The fourth-order valence-corrected chi connectivity index (χ4v) is 1.15. The van der Waals surface area contributed by atoms with Crippen LogP contribution in [0.4, 0.5) is 0 Å². The van der Waals surface area contributed by atoms with E-state index in [0.717, 1.165) is 0 Å². The van der Waals surface area contributed by atoms with Gasteiger partial charge >= 0.3 is 0 Å². The highest BCUT2D eigenvalue weighted by Gasteiger charge is 2.40. The van der Waals surface area contributed by atoms with E-state index in [1.807, 2.05) is 0 Å². The van der Waals surface area contributed by atoms with Crippen LogP contribution in [0.3, 0.4) is 0 Å². The topological polar surface area (TPSA) is 40.5 Å². The summed E-state index contributed by atoms with van der Waals surface area (Å²) in [6, 6.07) is 0. The predicted molar refractivity (Wildman–Crippen MR) is 60.2 cm³/mol. The molecule has 0 bridgehead atoms. The first-order valence-corrected chi connectivity index (χ1v) is 5.33. The highest BCUT2D eigenvalue weighted by Crippen LogP contribution is 2.36. The van der Waals surface area contributed by atoms with Crippen molar-refractivity contribution in [1.82, 2.24) is 0 Å². The van der Waals surface area contributed by atoms with Crippen molar-refractivity contribution in [2.45, 2.75) is 66.1 Å². The fraction of sp³-hybridized carbons (Fsp3) is 1.00. The van der Waals surface area contributed by atoms with Gasteiger partial charge in [0, 0.05) is 0 Å². The van der Waals surface area contributed by atoms with Crippen molar-refractivity contribution in [3.8, 4) is 0 Å². The minimum atomic E-state index is -1.05. The Hall–Kier alpha value is -0.0800. The first-order chi connectivity index (χ1) is 5.88. The van der Waals surface area contributed by atoms with Crippen LogP contribution >= 0.6 is 0 Å². The van der Waals surface area contributed by atoms with Crippen molar-refractivity contribution in [2.75, 3.05) is 0 Å². The molecule has 2 atom stereocenters. The smallest absolute Gasteiger partial charge is 0.0902 e. The summed E-state index contributed by atoms with van der Waals surface area (Å²) < 4.78 is 0. The molecule has 0 heterocycles. The Morgan fingerprint density at radius 3 is 1.50 bits per heavy atom. The van der Waals surface area contributed by atoms with Crippen molar-refractivity contribution in [2.24, 2.45) is 11.3 Å². The highest BCUT2D eigenvalue weighted by molar-refractivity contribution is 4.92. The van der Waals surface area contributed by atoms with Crippen LogP contribution < -0.4 is 0 Å². The maximum atomic E-state index is 10.1. The standard InChI is InChI=1S/C12H26O2/c1-9(10(2,3)4)8-12(7,14)11(5,6)13/h9,13-14H,8H2,1-7H3. The lowest BCUT2D eigenvalue weighted by atomic mass is 9.72. The third-order valence-electron chi connectivity index (χ3n) is 3.50. The molecule has 2 unspecified atom stereocenters. The number of hydrogen-bond donors (Lipinski definition) is 2. The lowest BCUT2D eigenvalue weighted by Gasteiger charge is -2.40. The minimum Gasteiger partial charge on any atom is -0.387 e. The van der Waals surface area contributed by atoms with E-state index >= 15 is 0 Å². The molecule has 0 radical (unpaired) electrons. The predicted octanol–water partition coefficient (Wildman–Crippen LogP) is 2.58. The molecule has 0 amide bonds. The van der Waals surface area contributed by atoms with Crippen molar-refractivity contribution in [3.05, 3.63) is 0 Å². The second-order valence-electron chi connectivity index (χ2n) is 6.30. The summed E-state index contributed by atoms with van der Waals surface area (Å²) in [4.78, 5) is 0. The summed E-state index contributed by atoms with van der Waals surface area (Å²) in [5.41, 5.74) is -1.92. The van der Waals surface area contributed by atoms with Gasteiger partial charge in [-0.2, -0.15) is 0 Å². The van der Waals surface area contributed by atoms with E-state index in [1.54, 1.807) is 20.8 Å². The lowest BCUT2D eigenvalue weighted by Crippen LogP contribution is -2.49. The SMILES string of the molecule is CC(CC(C)(O)C(C)(C)O)C(C)(C)C. The summed E-state index contributed by atoms with van der Waals surface area (Å²) in [7, 11) is 0. The van der Waals surface area contributed by atoms with Crippen LogP contribution in [0.2, 0.25) is 0 Å². The molecule has 2 nitrogen and oxygen atoms in total. The fourth-order valence-electron chi connectivity index (χ4n) is 1.15. The first-order valence-electron chi connectivity index (χ1n) is 5.33. The molecule has 0 spiro atoms. The summed E-state index contributed by atoms with van der Waals surface area (Å²) in [5.74, 6) is 0.365. The third-order valence-corrected chi connectivity index (χ3v) is 3.50. The Labute approximate surface area is 88.3 Å². The molecule has 0 rings (SSSR count). The molecule has 14 heavy (non-hydrogen) atoms. The van der Waals surface area contributed by atoms with Crippen molar-refractivity contribution in [3.63, 3.8) is 0 Å². The zero-order valence-corrected chi connectivity index (χ0v) is 10.7. The highest BCUT2D eigenvalue weighted by atomic mass is 16.3. The second-order valence-corrected chi connectivity index (χ2v) is 6.30. The van der Waals surface area contributed by atoms with Crippen molar-refractivity contribution < 1.29 is 10.2 Å². The molecular weight excluding hydrogens is 176 g/mol. The van der Waals surface area contributed by atoms with E-state index in [2.05, 4.69) is 27.7 Å². The summed E-state index contributed by atoms with van der Waals surface area (Å²) >= 11 is 0. The van der Waals surface area contributed by atoms with Gasteiger partial charge in [-0.3, -0.25) is 0 Å². The normalized spacial score (nSPS) is 20.4. The van der Waals surface area contributed by atoms with Crippen LogP contribution in [0.15, 0.2) is 0 Å². The van der Waals surface area contributed by atoms with Crippen LogP contribution in [0, 0.1) is 11.3 Å². The lowest BCUT2D eigenvalue weighted by molar-refractivity contribution is -0.135. The van der Waals surface area contributed by atoms with E-state index < -0.39 is 11.2 Å². The summed E-state index contributed by atoms with van der Waals surface area (Å²) in [6.45, 7) is 13.6. The van der Waals surface area contributed by atoms with Gasteiger partial charge in [-0.05, 0) is 38.5 Å². The Morgan fingerprint density at radius 1 is 0.929 bits per heavy atom. The average molecular weight is 202 g/mol. The number of hydrogen-bond acceptors (Lipinski definition) is 2. The summed E-state index contributed by atoms with van der Waals surface area (Å²) in [5, 5.41) is 19.9. The Kier molecular flexibility index (Phi) is 3.80. The molecule has 0 fully saturated rings. The van der Waals surface area contributed by atoms with E-state index in [9.17, 15) is 10.2 Å². The van der Waals surface area contributed by atoms with Gasteiger partial charge in [0.2, 0.25) is 0 Å². The molecule has 0 aliphatic rings. The van der Waals surface area contributed by atoms with Crippen LogP contribution in [0.1, 0.15) is 54.9 Å². The van der Waals surface area contributed by atoms with Crippen molar-refractivity contribution >= 4 is 0 Å². The first kappa shape index (κ1) is 13.9. The van der Waals surface area contributed by atoms with Crippen LogP contribution in [0.5, 0.6) is 0 Å². The average Bonchev–Trinajstić information content (AvgIpc) is 1.80. The molecule has 0 saturated heterocycles. The number of rotatable bonds is 3. The Balaban J connectivity index is 4.53. The monoisotopic (exact) mass is 202 g/mol. The van der Waals surface area contributed by atoms with Crippen molar-refractivity contribution in [1.29, 1.82) is 0 Å². The van der Waals surface area contributed by atoms with Gasteiger partial charge in [-0.25, -0.2) is 0 Å². The van der Waals surface area contributed by atoms with Gasteiger partial charge in [-0.15, -0.1) is 0 Å². The quantitative estimate of drug-likeness (QED) is 0.738. The molecule has 0 aromatic carbocycles.